The molecule has 0 aliphatic carbocycles. The van der Waals surface area contributed by atoms with Gasteiger partial charge in [0, 0.05) is 13.0 Å². The first-order chi connectivity index (χ1) is 9.86. The van der Waals surface area contributed by atoms with Crippen molar-refractivity contribution in [2.75, 3.05) is 13.7 Å². The quantitative estimate of drug-likeness (QED) is 0.466. The third-order valence-electron chi connectivity index (χ3n) is 2.41. The second kappa shape index (κ2) is 7.58. The number of nitrogens with one attached hydrogen (secondary N) is 1. The van der Waals surface area contributed by atoms with Gasteiger partial charge in [-0.2, -0.15) is 0 Å². The second-order valence-corrected chi connectivity index (χ2v) is 4.73. The highest BCUT2D eigenvalue weighted by Gasteiger charge is 2.23. The van der Waals surface area contributed by atoms with E-state index in [-0.39, 0.29) is 22.5 Å². The van der Waals surface area contributed by atoms with Crippen LogP contribution in [-0.2, 0) is 14.3 Å². The van der Waals surface area contributed by atoms with E-state index in [2.05, 4.69) is 26.0 Å². The minimum absolute atomic E-state index is 0.154. The number of amides is 1. The van der Waals surface area contributed by atoms with Crippen molar-refractivity contribution in [2.45, 2.75) is 13.0 Å². The van der Waals surface area contributed by atoms with Crippen molar-refractivity contribution in [3.63, 3.8) is 0 Å². The summed E-state index contributed by atoms with van der Waals surface area (Å²) in [4.78, 5) is 32.7. The van der Waals surface area contributed by atoms with Crippen molar-refractivity contribution in [1.29, 1.82) is 0 Å². The van der Waals surface area contributed by atoms with Crippen LogP contribution in [0.4, 0.5) is 5.69 Å². The Morgan fingerprint density at radius 2 is 2.14 bits per heavy atom. The number of rotatable bonds is 6. The van der Waals surface area contributed by atoms with Crippen LogP contribution in [0.1, 0.15) is 6.92 Å². The van der Waals surface area contributed by atoms with Gasteiger partial charge in [0.05, 0.1) is 12.0 Å². The molecule has 0 aliphatic rings. The molecule has 1 aromatic carbocycles. The van der Waals surface area contributed by atoms with Crippen molar-refractivity contribution in [3.8, 4) is 5.75 Å². The van der Waals surface area contributed by atoms with E-state index >= 15 is 0 Å². The Morgan fingerprint density at radius 1 is 1.48 bits per heavy atom. The molecule has 1 atom stereocenters. The Hall–Kier alpha value is -2.16. The normalized spacial score (nSPS) is 11.4. The van der Waals surface area contributed by atoms with Gasteiger partial charge in [0.1, 0.15) is 16.8 Å². The van der Waals surface area contributed by atoms with Crippen molar-refractivity contribution < 1.29 is 24.0 Å². The minimum Gasteiger partial charge on any atom is -0.489 e. The molecule has 1 N–H and O–H groups in total. The molecule has 21 heavy (non-hydrogen) atoms. The molecule has 0 aromatic heterocycles. The van der Waals surface area contributed by atoms with Crippen LogP contribution in [0.15, 0.2) is 22.7 Å². The number of halogens is 1. The molecule has 1 unspecified atom stereocenters. The van der Waals surface area contributed by atoms with E-state index in [1.54, 1.807) is 0 Å². The zero-order chi connectivity index (χ0) is 16.0. The number of nitro groups is 1. The van der Waals surface area contributed by atoms with Crippen molar-refractivity contribution >= 4 is 33.5 Å². The number of esters is 1. The SMILES string of the molecule is COC(=O)C(COc1cccc([N+](=O)[O-])c1Br)NC(C)=O. The molecule has 114 valence electrons. The van der Waals surface area contributed by atoms with Crippen LogP contribution in [0.25, 0.3) is 0 Å². The largest absolute Gasteiger partial charge is 0.489 e. The molecule has 0 bridgehead atoms. The van der Waals surface area contributed by atoms with Crippen molar-refractivity contribution in [3.05, 3.63) is 32.8 Å². The van der Waals surface area contributed by atoms with Gasteiger partial charge in [-0.1, -0.05) is 6.07 Å². The molecule has 1 amide bonds. The Labute approximate surface area is 128 Å². The van der Waals surface area contributed by atoms with E-state index in [0.29, 0.717) is 0 Å². The maximum Gasteiger partial charge on any atom is 0.331 e. The van der Waals surface area contributed by atoms with E-state index in [9.17, 15) is 19.7 Å². The van der Waals surface area contributed by atoms with Crippen LogP contribution in [-0.4, -0.2) is 36.6 Å². The van der Waals surface area contributed by atoms with Crippen LogP contribution in [0, 0.1) is 10.1 Å². The Balaban J connectivity index is 2.85. The van der Waals surface area contributed by atoms with Crippen LogP contribution >= 0.6 is 15.9 Å². The van der Waals surface area contributed by atoms with Gasteiger partial charge in [0.2, 0.25) is 5.91 Å². The molecular weight excluding hydrogens is 348 g/mol. The van der Waals surface area contributed by atoms with Gasteiger partial charge < -0.3 is 14.8 Å². The lowest BCUT2D eigenvalue weighted by molar-refractivity contribution is -0.385. The van der Waals surface area contributed by atoms with Crippen molar-refractivity contribution in [2.24, 2.45) is 0 Å². The lowest BCUT2D eigenvalue weighted by Crippen LogP contribution is -2.44. The molecule has 0 radical (unpaired) electrons. The summed E-state index contributed by atoms with van der Waals surface area (Å²) in [7, 11) is 1.18. The third kappa shape index (κ3) is 4.71. The Kier molecular flexibility index (Phi) is 6.10. The zero-order valence-corrected chi connectivity index (χ0v) is 12.9. The summed E-state index contributed by atoms with van der Waals surface area (Å²) in [5.41, 5.74) is -0.165. The van der Waals surface area contributed by atoms with E-state index in [1.807, 2.05) is 0 Å². The maximum atomic E-state index is 11.5. The van der Waals surface area contributed by atoms with Crippen LogP contribution < -0.4 is 10.1 Å². The molecule has 0 fully saturated rings. The first kappa shape index (κ1) is 16.9. The molecular formula is C12H13BrN2O6. The molecule has 0 saturated carbocycles. The summed E-state index contributed by atoms with van der Waals surface area (Å²) in [6.07, 6.45) is 0. The highest BCUT2D eigenvalue weighted by molar-refractivity contribution is 9.10. The van der Waals surface area contributed by atoms with Crippen LogP contribution in [0.5, 0.6) is 5.75 Å². The first-order valence-electron chi connectivity index (χ1n) is 5.77. The highest BCUT2D eigenvalue weighted by atomic mass is 79.9. The monoisotopic (exact) mass is 360 g/mol. The fraction of sp³-hybridized carbons (Fsp3) is 0.333. The maximum absolute atomic E-state index is 11.5. The number of hydrogen-bond donors (Lipinski definition) is 1. The summed E-state index contributed by atoms with van der Waals surface area (Å²) in [6.45, 7) is 1.03. The first-order valence-corrected chi connectivity index (χ1v) is 6.56. The van der Waals surface area contributed by atoms with E-state index in [0.717, 1.165) is 0 Å². The number of nitrogens with zero attached hydrogens (tertiary/aromatic N) is 1. The average molecular weight is 361 g/mol. The fourth-order valence-electron chi connectivity index (χ4n) is 1.48. The topological polar surface area (TPSA) is 108 Å². The van der Waals surface area contributed by atoms with Gasteiger partial charge >= 0.3 is 5.97 Å². The van der Waals surface area contributed by atoms with Gasteiger partial charge in [-0.3, -0.25) is 14.9 Å². The molecule has 9 heteroatoms. The summed E-state index contributed by atoms with van der Waals surface area (Å²) < 4.78 is 10.0. The molecule has 1 aromatic rings. The second-order valence-electron chi connectivity index (χ2n) is 3.93. The number of ether oxygens (including phenoxy) is 2. The number of benzene rings is 1. The van der Waals surface area contributed by atoms with Crippen molar-refractivity contribution in [1.82, 2.24) is 5.32 Å². The minimum atomic E-state index is -1.00. The molecule has 8 nitrogen and oxygen atoms in total. The fourth-order valence-corrected chi connectivity index (χ4v) is 2.00. The van der Waals surface area contributed by atoms with E-state index < -0.39 is 22.8 Å². The third-order valence-corrected chi connectivity index (χ3v) is 3.21. The summed E-state index contributed by atoms with van der Waals surface area (Å²) in [5, 5.41) is 13.2. The van der Waals surface area contributed by atoms with E-state index in [4.69, 9.17) is 4.74 Å². The van der Waals surface area contributed by atoms with Crippen LogP contribution in [0.2, 0.25) is 0 Å². The lowest BCUT2D eigenvalue weighted by atomic mass is 10.3. The lowest BCUT2D eigenvalue weighted by Gasteiger charge is -2.16. The standard InChI is InChI=1S/C12H13BrN2O6/c1-7(16)14-8(12(17)20-2)6-21-10-5-3-4-9(11(10)13)15(18)19/h3-5,8H,6H2,1-2H3,(H,14,16). The zero-order valence-electron chi connectivity index (χ0n) is 11.3. The summed E-state index contributed by atoms with van der Waals surface area (Å²) in [6, 6.07) is 3.25. The van der Waals surface area contributed by atoms with Gasteiger partial charge in [0.15, 0.2) is 6.04 Å². The molecule has 0 spiro atoms. The van der Waals surface area contributed by atoms with Gasteiger partial charge in [0.25, 0.3) is 5.69 Å². The van der Waals surface area contributed by atoms with Crippen LogP contribution in [0.3, 0.4) is 0 Å². The van der Waals surface area contributed by atoms with E-state index in [1.165, 1.54) is 32.2 Å². The van der Waals surface area contributed by atoms with Gasteiger partial charge in [-0.25, -0.2) is 4.79 Å². The number of methoxy groups -OCH3 is 1. The number of carbonyl (C=O) groups is 2. The summed E-state index contributed by atoms with van der Waals surface area (Å²) >= 11 is 3.07. The number of carbonyl (C=O) groups excluding carboxylic acids is 2. The number of nitro benzene ring substituents is 1. The molecule has 0 heterocycles. The van der Waals surface area contributed by atoms with Gasteiger partial charge in [-0.05, 0) is 22.0 Å². The van der Waals surface area contributed by atoms with Gasteiger partial charge in [-0.15, -0.1) is 0 Å². The molecule has 1 rings (SSSR count). The average Bonchev–Trinajstić information content (AvgIpc) is 2.43. The smallest absolute Gasteiger partial charge is 0.331 e. The molecule has 0 aliphatic heterocycles. The molecule has 0 saturated heterocycles. The summed E-state index contributed by atoms with van der Waals surface area (Å²) in [5.74, 6) is -0.915. The highest BCUT2D eigenvalue weighted by Crippen LogP contribution is 2.33. The predicted molar refractivity (Wildman–Crippen MR) is 75.9 cm³/mol. The Bertz CT molecular complexity index is 563. The Morgan fingerprint density at radius 3 is 2.67 bits per heavy atom. The number of hydrogen-bond acceptors (Lipinski definition) is 6. The predicted octanol–water partition coefficient (Wildman–Crippen LogP) is 1.41.